The Morgan fingerprint density at radius 1 is 1.00 bits per heavy atom. The highest BCUT2D eigenvalue weighted by molar-refractivity contribution is 7.99. The van der Waals surface area contributed by atoms with E-state index in [1.165, 1.54) is 4.90 Å². The number of carboxylic acids is 1. The number of ether oxygens (including phenoxy) is 4. The van der Waals surface area contributed by atoms with Crippen molar-refractivity contribution in [3.05, 3.63) is 60.2 Å². The van der Waals surface area contributed by atoms with E-state index in [4.69, 9.17) is 18.9 Å². The normalized spacial score (nSPS) is 11.6. The molecule has 0 bridgehead atoms. The molecule has 192 valence electrons. The number of hydrogen-bond acceptors (Lipinski definition) is 7. The smallest absolute Gasteiger partial charge is 0.409 e. The number of amides is 1. The Morgan fingerprint density at radius 2 is 1.74 bits per heavy atom. The van der Waals surface area contributed by atoms with Crippen molar-refractivity contribution in [2.75, 3.05) is 52.4 Å². The Bertz CT molecular complexity index is 864. The molecule has 8 nitrogen and oxygen atoms in total. The summed E-state index contributed by atoms with van der Waals surface area (Å²) in [6.07, 6.45) is -0.158. The molecule has 1 amide bonds. The molecule has 0 spiro atoms. The van der Waals surface area contributed by atoms with Gasteiger partial charge >= 0.3 is 12.1 Å². The van der Waals surface area contributed by atoms with E-state index in [1.807, 2.05) is 30.3 Å². The Balaban J connectivity index is 1.82. The van der Waals surface area contributed by atoms with Gasteiger partial charge < -0.3 is 29.0 Å². The molecule has 0 aliphatic carbocycles. The molecule has 35 heavy (non-hydrogen) atoms. The fourth-order valence-electron chi connectivity index (χ4n) is 3.19. The molecule has 0 aliphatic heterocycles. The van der Waals surface area contributed by atoms with E-state index in [-0.39, 0.29) is 19.1 Å². The third-order valence-corrected chi connectivity index (χ3v) is 6.07. The van der Waals surface area contributed by atoms with Gasteiger partial charge in [0.2, 0.25) is 0 Å². The molecule has 0 saturated carbocycles. The fourth-order valence-corrected chi connectivity index (χ4v) is 4.05. The van der Waals surface area contributed by atoms with Gasteiger partial charge in [-0.25, -0.2) is 9.59 Å². The number of benzene rings is 2. The standard InChI is InChI=1S/C26H35NO7S/c1-3-32-24(25(28)29)20-21-10-12-22(13-11-21)33-16-15-27(26(30)34-18-17-31-2)14-7-19-35-23-8-5-4-6-9-23/h4-6,8-13,24H,3,7,14-20H2,1-2H3,(H,28,29). The van der Waals surface area contributed by atoms with Gasteiger partial charge in [0.15, 0.2) is 6.10 Å². The molecule has 1 unspecified atom stereocenters. The second-order valence-electron chi connectivity index (χ2n) is 7.59. The number of rotatable bonds is 17. The number of methoxy groups -OCH3 is 1. The molecular formula is C26H35NO7S. The number of aliphatic carboxylic acids is 1. The SMILES string of the molecule is CCOC(Cc1ccc(OCCN(CCCSc2ccccc2)C(=O)OCCOC)cc1)C(=O)O. The van der Waals surface area contributed by atoms with E-state index < -0.39 is 12.1 Å². The summed E-state index contributed by atoms with van der Waals surface area (Å²) in [5, 5.41) is 9.24. The van der Waals surface area contributed by atoms with Gasteiger partial charge in [-0.05, 0) is 48.9 Å². The summed E-state index contributed by atoms with van der Waals surface area (Å²) in [4.78, 5) is 26.6. The molecule has 1 N–H and O–H groups in total. The van der Waals surface area contributed by atoms with Crippen molar-refractivity contribution in [3.8, 4) is 5.75 Å². The average Bonchev–Trinajstić information content (AvgIpc) is 2.86. The number of hydrogen-bond donors (Lipinski definition) is 1. The highest BCUT2D eigenvalue weighted by Crippen LogP contribution is 2.18. The number of carbonyl (C=O) groups excluding carboxylic acids is 1. The molecule has 1 atom stereocenters. The van der Waals surface area contributed by atoms with Crippen molar-refractivity contribution < 1.29 is 33.6 Å². The predicted molar refractivity (Wildman–Crippen MR) is 135 cm³/mol. The number of thioether (sulfide) groups is 1. The first kappa shape index (κ1) is 28.5. The van der Waals surface area contributed by atoms with Crippen molar-refractivity contribution in [2.24, 2.45) is 0 Å². The lowest BCUT2D eigenvalue weighted by Gasteiger charge is -2.22. The first-order chi connectivity index (χ1) is 17.0. The minimum Gasteiger partial charge on any atom is -0.492 e. The molecule has 0 aromatic heterocycles. The molecule has 9 heteroatoms. The molecule has 0 aliphatic rings. The zero-order chi connectivity index (χ0) is 25.3. The highest BCUT2D eigenvalue weighted by atomic mass is 32.2. The summed E-state index contributed by atoms with van der Waals surface area (Å²) in [5.74, 6) is 0.545. The van der Waals surface area contributed by atoms with Crippen molar-refractivity contribution in [1.29, 1.82) is 0 Å². The van der Waals surface area contributed by atoms with Gasteiger partial charge in [-0.3, -0.25) is 0 Å². The van der Waals surface area contributed by atoms with Gasteiger partial charge in [-0.1, -0.05) is 30.3 Å². The maximum Gasteiger partial charge on any atom is 0.409 e. The molecule has 0 fully saturated rings. The summed E-state index contributed by atoms with van der Waals surface area (Å²) < 4.78 is 21.3. The summed E-state index contributed by atoms with van der Waals surface area (Å²) in [5.41, 5.74) is 0.845. The van der Waals surface area contributed by atoms with Crippen LogP contribution in [0.5, 0.6) is 5.75 Å². The Hall–Kier alpha value is -2.75. The van der Waals surface area contributed by atoms with Gasteiger partial charge in [0.1, 0.15) is 19.0 Å². The maximum absolute atomic E-state index is 12.5. The third-order valence-electron chi connectivity index (χ3n) is 4.97. The average molecular weight is 506 g/mol. The van der Waals surface area contributed by atoms with Crippen LogP contribution >= 0.6 is 11.8 Å². The van der Waals surface area contributed by atoms with Crippen LogP contribution in [-0.2, 0) is 25.4 Å². The summed E-state index contributed by atoms with van der Waals surface area (Å²) in [7, 11) is 1.56. The second-order valence-corrected chi connectivity index (χ2v) is 8.76. The molecule has 0 heterocycles. The van der Waals surface area contributed by atoms with E-state index in [0.717, 1.165) is 17.7 Å². The minimum absolute atomic E-state index is 0.200. The van der Waals surface area contributed by atoms with Crippen LogP contribution in [0.4, 0.5) is 4.79 Å². The maximum atomic E-state index is 12.5. The zero-order valence-corrected chi connectivity index (χ0v) is 21.2. The lowest BCUT2D eigenvalue weighted by atomic mass is 10.1. The van der Waals surface area contributed by atoms with Gasteiger partial charge in [0.05, 0.1) is 13.2 Å². The molecular weight excluding hydrogens is 470 g/mol. The number of carbonyl (C=O) groups is 2. The van der Waals surface area contributed by atoms with Crippen LogP contribution in [0.25, 0.3) is 0 Å². The Morgan fingerprint density at radius 3 is 2.40 bits per heavy atom. The molecule has 0 radical (unpaired) electrons. The molecule has 2 rings (SSSR count). The second kappa shape index (κ2) is 16.8. The van der Waals surface area contributed by atoms with E-state index in [0.29, 0.717) is 38.7 Å². The van der Waals surface area contributed by atoms with Crippen molar-refractivity contribution >= 4 is 23.8 Å². The monoisotopic (exact) mass is 505 g/mol. The quantitative estimate of drug-likeness (QED) is 0.250. The Kier molecular flexibility index (Phi) is 13.7. The first-order valence-electron chi connectivity index (χ1n) is 11.7. The lowest BCUT2D eigenvalue weighted by Crippen LogP contribution is -2.36. The van der Waals surface area contributed by atoms with Gasteiger partial charge in [-0.15, -0.1) is 11.8 Å². The number of nitrogens with zero attached hydrogens (tertiary/aromatic N) is 1. The van der Waals surface area contributed by atoms with Crippen LogP contribution in [0.2, 0.25) is 0 Å². The zero-order valence-electron chi connectivity index (χ0n) is 20.4. The van der Waals surface area contributed by atoms with Gasteiger partial charge in [-0.2, -0.15) is 0 Å². The van der Waals surface area contributed by atoms with Crippen molar-refractivity contribution in [1.82, 2.24) is 4.90 Å². The summed E-state index contributed by atoms with van der Waals surface area (Å²) >= 11 is 1.75. The fraction of sp³-hybridized carbons (Fsp3) is 0.462. The largest absolute Gasteiger partial charge is 0.492 e. The van der Waals surface area contributed by atoms with Crippen LogP contribution in [0.15, 0.2) is 59.5 Å². The number of carboxylic acid groups (broad SMARTS) is 1. The predicted octanol–water partition coefficient (Wildman–Crippen LogP) is 4.37. The van der Waals surface area contributed by atoms with E-state index in [2.05, 4.69) is 12.1 Å². The molecule has 2 aromatic carbocycles. The lowest BCUT2D eigenvalue weighted by molar-refractivity contribution is -0.149. The van der Waals surface area contributed by atoms with Crippen LogP contribution in [0.3, 0.4) is 0 Å². The summed E-state index contributed by atoms with van der Waals surface area (Å²) in [6.45, 7) is 3.90. The topological polar surface area (TPSA) is 94.5 Å². The van der Waals surface area contributed by atoms with Gasteiger partial charge in [0, 0.05) is 31.6 Å². The van der Waals surface area contributed by atoms with Crippen molar-refractivity contribution in [2.45, 2.75) is 30.8 Å². The van der Waals surface area contributed by atoms with Crippen LogP contribution in [0.1, 0.15) is 18.9 Å². The minimum atomic E-state index is -0.980. The summed E-state index contributed by atoms with van der Waals surface area (Å²) in [6, 6.07) is 17.4. The first-order valence-corrected chi connectivity index (χ1v) is 12.7. The van der Waals surface area contributed by atoms with Crippen LogP contribution < -0.4 is 4.74 Å². The van der Waals surface area contributed by atoms with E-state index >= 15 is 0 Å². The Labute approximate surface area is 211 Å². The highest BCUT2D eigenvalue weighted by Gasteiger charge is 2.18. The molecule has 2 aromatic rings. The third kappa shape index (κ3) is 11.5. The van der Waals surface area contributed by atoms with E-state index in [1.54, 1.807) is 42.8 Å². The van der Waals surface area contributed by atoms with Crippen LogP contribution in [-0.4, -0.2) is 80.6 Å². The molecule has 0 saturated heterocycles. The van der Waals surface area contributed by atoms with Crippen LogP contribution in [0, 0.1) is 0 Å². The van der Waals surface area contributed by atoms with Crippen molar-refractivity contribution in [3.63, 3.8) is 0 Å². The van der Waals surface area contributed by atoms with Gasteiger partial charge in [0.25, 0.3) is 0 Å². The van der Waals surface area contributed by atoms with E-state index in [9.17, 15) is 14.7 Å².